The minimum Gasteiger partial charge on any atom is -0.497 e. The zero-order valence-electron chi connectivity index (χ0n) is 24.5. The maximum absolute atomic E-state index is 13.6. The van der Waals surface area contributed by atoms with Gasteiger partial charge in [-0.2, -0.15) is 0 Å². The standard InChI is InChI=1S/C35H41NO4/c1-6-40-34(37)33-32(27-13-15-28(16-14-27)35(2,3)4)30-21-24(18-19-39-23-25-10-11-25)12-17-31(30)36(33)22-26-8-7-9-29(20-26)38-5/h7-9,12-17,20-21,25H,6,10-11,18-19,22-23H2,1-5H3. The van der Waals surface area contributed by atoms with E-state index >= 15 is 0 Å². The first-order valence-electron chi connectivity index (χ1n) is 14.4. The van der Waals surface area contributed by atoms with Crippen LogP contribution < -0.4 is 4.74 Å². The predicted octanol–water partition coefficient (Wildman–Crippen LogP) is 7.81. The monoisotopic (exact) mass is 539 g/mol. The molecule has 3 aromatic carbocycles. The Morgan fingerprint density at radius 2 is 1.75 bits per heavy atom. The Morgan fingerprint density at radius 3 is 2.42 bits per heavy atom. The largest absolute Gasteiger partial charge is 0.497 e. The van der Waals surface area contributed by atoms with Gasteiger partial charge >= 0.3 is 5.97 Å². The summed E-state index contributed by atoms with van der Waals surface area (Å²) in [5.74, 6) is 1.23. The van der Waals surface area contributed by atoms with E-state index in [9.17, 15) is 4.79 Å². The Bertz CT molecular complexity index is 1470. The molecule has 1 aliphatic rings. The Labute approximate surface area is 238 Å². The van der Waals surface area contributed by atoms with Crippen molar-refractivity contribution in [3.05, 3.63) is 89.1 Å². The Kier molecular flexibility index (Phi) is 8.32. The smallest absolute Gasteiger partial charge is 0.355 e. The molecule has 0 atom stereocenters. The number of nitrogens with zero attached hydrogens (tertiary/aromatic N) is 1. The van der Waals surface area contributed by atoms with Gasteiger partial charge in [0.15, 0.2) is 0 Å². The first-order chi connectivity index (χ1) is 19.3. The summed E-state index contributed by atoms with van der Waals surface area (Å²) in [6, 6.07) is 23.1. The molecule has 1 aliphatic carbocycles. The van der Waals surface area contributed by atoms with Gasteiger partial charge < -0.3 is 18.8 Å². The van der Waals surface area contributed by atoms with Crippen molar-refractivity contribution in [3.63, 3.8) is 0 Å². The first-order valence-corrected chi connectivity index (χ1v) is 14.4. The van der Waals surface area contributed by atoms with Crippen molar-refractivity contribution in [2.45, 2.75) is 58.9 Å². The molecule has 5 nitrogen and oxygen atoms in total. The number of carbonyl (C=O) groups excluding carboxylic acids is 1. The van der Waals surface area contributed by atoms with Crippen molar-refractivity contribution in [2.24, 2.45) is 5.92 Å². The quantitative estimate of drug-likeness (QED) is 0.144. The SMILES string of the molecule is CCOC(=O)c1c(-c2ccc(C(C)(C)C)cc2)c2cc(CCOCC3CC3)ccc2n1Cc1cccc(OC)c1. The fourth-order valence-electron chi connectivity index (χ4n) is 5.24. The van der Waals surface area contributed by atoms with Crippen molar-refractivity contribution >= 4 is 16.9 Å². The molecule has 5 heteroatoms. The molecule has 1 heterocycles. The molecule has 4 aromatic rings. The Morgan fingerprint density at radius 1 is 0.975 bits per heavy atom. The van der Waals surface area contributed by atoms with E-state index in [2.05, 4.69) is 73.9 Å². The summed E-state index contributed by atoms with van der Waals surface area (Å²) in [5.41, 5.74) is 7.04. The highest BCUT2D eigenvalue weighted by Gasteiger charge is 2.26. The lowest BCUT2D eigenvalue weighted by Crippen LogP contribution is -2.14. The third kappa shape index (κ3) is 6.26. The van der Waals surface area contributed by atoms with Crippen molar-refractivity contribution in [2.75, 3.05) is 26.9 Å². The van der Waals surface area contributed by atoms with Crippen LogP contribution in [-0.2, 0) is 27.9 Å². The predicted molar refractivity (Wildman–Crippen MR) is 161 cm³/mol. The van der Waals surface area contributed by atoms with Crippen LogP contribution in [0, 0.1) is 5.92 Å². The van der Waals surface area contributed by atoms with Crippen molar-refractivity contribution in [3.8, 4) is 16.9 Å². The number of aromatic nitrogens is 1. The van der Waals surface area contributed by atoms with Gasteiger partial charge in [-0.3, -0.25) is 0 Å². The zero-order valence-corrected chi connectivity index (χ0v) is 24.5. The third-order valence-corrected chi connectivity index (χ3v) is 7.70. The van der Waals surface area contributed by atoms with Crippen LogP contribution in [0.1, 0.15) is 67.7 Å². The summed E-state index contributed by atoms with van der Waals surface area (Å²) < 4.78 is 19.2. The number of benzene rings is 3. The van der Waals surface area contributed by atoms with Gasteiger partial charge in [-0.05, 0) is 84.0 Å². The molecule has 0 amide bonds. The lowest BCUT2D eigenvalue weighted by Gasteiger charge is -2.19. The van der Waals surface area contributed by atoms with Crippen LogP contribution in [0.5, 0.6) is 5.75 Å². The van der Waals surface area contributed by atoms with Gasteiger partial charge in [0, 0.05) is 29.6 Å². The number of rotatable bonds is 11. The molecule has 1 aromatic heterocycles. The van der Waals surface area contributed by atoms with Gasteiger partial charge in [-0.1, -0.05) is 63.2 Å². The van der Waals surface area contributed by atoms with Gasteiger partial charge in [0.2, 0.25) is 0 Å². The first kappa shape index (κ1) is 28.0. The molecule has 0 unspecified atom stereocenters. The van der Waals surface area contributed by atoms with Crippen LogP contribution in [0.25, 0.3) is 22.0 Å². The van der Waals surface area contributed by atoms with Gasteiger partial charge in [0.05, 0.1) is 20.3 Å². The van der Waals surface area contributed by atoms with Crippen LogP contribution in [0.4, 0.5) is 0 Å². The van der Waals surface area contributed by atoms with E-state index in [4.69, 9.17) is 14.2 Å². The number of hydrogen-bond donors (Lipinski definition) is 0. The number of methoxy groups -OCH3 is 1. The number of carbonyl (C=O) groups is 1. The Balaban J connectivity index is 1.64. The molecule has 5 rings (SSSR count). The summed E-state index contributed by atoms with van der Waals surface area (Å²) in [6.45, 7) is 10.9. The van der Waals surface area contributed by atoms with Gasteiger partial charge in [0.1, 0.15) is 11.4 Å². The van der Waals surface area contributed by atoms with Crippen LogP contribution >= 0.6 is 0 Å². The number of ether oxygens (including phenoxy) is 3. The summed E-state index contributed by atoms with van der Waals surface area (Å²) in [7, 11) is 1.67. The summed E-state index contributed by atoms with van der Waals surface area (Å²) in [4.78, 5) is 13.6. The molecular formula is C35H41NO4. The van der Waals surface area contributed by atoms with E-state index in [1.807, 2.05) is 25.1 Å². The molecule has 0 N–H and O–H groups in total. The third-order valence-electron chi connectivity index (χ3n) is 7.70. The molecule has 1 fully saturated rings. The van der Waals surface area contributed by atoms with Crippen LogP contribution in [0.3, 0.4) is 0 Å². The van der Waals surface area contributed by atoms with E-state index in [-0.39, 0.29) is 11.4 Å². The molecule has 1 saturated carbocycles. The average Bonchev–Trinajstić information content (AvgIpc) is 3.72. The van der Waals surface area contributed by atoms with Gasteiger partial charge in [-0.25, -0.2) is 4.79 Å². The van der Waals surface area contributed by atoms with Crippen LogP contribution in [-0.4, -0.2) is 37.5 Å². The molecule has 40 heavy (non-hydrogen) atoms. The highest BCUT2D eigenvalue weighted by Crippen LogP contribution is 2.38. The van der Waals surface area contributed by atoms with E-state index < -0.39 is 0 Å². The van der Waals surface area contributed by atoms with Crippen molar-refractivity contribution in [1.29, 1.82) is 0 Å². The fourth-order valence-corrected chi connectivity index (χ4v) is 5.24. The summed E-state index contributed by atoms with van der Waals surface area (Å²) in [6.07, 6.45) is 3.42. The van der Waals surface area contributed by atoms with E-state index in [0.717, 1.165) is 52.3 Å². The lowest BCUT2D eigenvalue weighted by molar-refractivity contribution is 0.0516. The van der Waals surface area contributed by atoms with Crippen LogP contribution in [0.2, 0.25) is 0 Å². The number of hydrogen-bond acceptors (Lipinski definition) is 4. The van der Waals surface area contributed by atoms with Crippen molar-refractivity contribution in [1.82, 2.24) is 4.57 Å². The summed E-state index contributed by atoms with van der Waals surface area (Å²) >= 11 is 0. The minimum atomic E-state index is -0.314. The second kappa shape index (κ2) is 11.9. The molecular weight excluding hydrogens is 498 g/mol. The molecule has 0 saturated heterocycles. The average molecular weight is 540 g/mol. The molecule has 210 valence electrons. The maximum atomic E-state index is 13.6. The Hall–Kier alpha value is -3.57. The second-order valence-electron chi connectivity index (χ2n) is 11.8. The van der Waals surface area contributed by atoms with E-state index in [0.29, 0.717) is 25.5 Å². The van der Waals surface area contributed by atoms with Gasteiger partial charge in [0.25, 0.3) is 0 Å². The molecule has 0 spiro atoms. The number of esters is 1. The highest BCUT2D eigenvalue weighted by atomic mass is 16.5. The summed E-state index contributed by atoms with van der Waals surface area (Å²) in [5, 5.41) is 1.05. The zero-order chi connectivity index (χ0) is 28.3. The lowest BCUT2D eigenvalue weighted by atomic mass is 9.86. The van der Waals surface area contributed by atoms with E-state index in [1.165, 1.54) is 24.0 Å². The topological polar surface area (TPSA) is 49.7 Å². The second-order valence-corrected chi connectivity index (χ2v) is 11.8. The fraction of sp³-hybridized carbons (Fsp3) is 0.400. The molecule has 0 aliphatic heterocycles. The minimum absolute atomic E-state index is 0.0382. The normalized spacial score (nSPS) is 13.5. The van der Waals surface area contributed by atoms with Crippen LogP contribution in [0.15, 0.2) is 66.7 Å². The maximum Gasteiger partial charge on any atom is 0.355 e. The molecule has 0 bridgehead atoms. The number of fused-ring (bicyclic) bond motifs is 1. The van der Waals surface area contributed by atoms with Gasteiger partial charge in [-0.15, -0.1) is 0 Å². The van der Waals surface area contributed by atoms with Crippen molar-refractivity contribution < 1.29 is 19.0 Å². The van der Waals surface area contributed by atoms with E-state index in [1.54, 1.807) is 7.11 Å². The highest BCUT2D eigenvalue weighted by molar-refractivity contribution is 6.09. The molecule has 0 radical (unpaired) electrons.